The topological polar surface area (TPSA) is 94.5 Å². The lowest BCUT2D eigenvalue weighted by Gasteiger charge is -2.10. The minimum Gasteiger partial charge on any atom is -0.496 e. The molecular weight excluding hydrogens is 344 g/mol. The second kappa shape index (κ2) is 6.78. The van der Waals surface area contributed by atoms with Crippen LogP contribution in [0.5, 0.6) is 11.5 Å². The van der Waals surface area contributed by atoms with Crippen LogP contribution in [0.15, 0.2) is 35.1 Å². The Hall–Kier alpha value is -3.13. The molecule has 0 aliphatic rings. The van der Waals surface area contributed by atoms with E-state index in [1.54, 1.807) is 30.4 Å². The molecule has 3 rings (SSSR count). The maximum Gasteiger partial charge on any atom is 0.324 e. The van der Waals surface area contributed by atoms with Gasteiger partial charge in [-0.05, 0) is 30.4 Å². The highest BCUT2D eigenvalue weighted by Gasteiger charge is 2.12. The Morgan fingerprint density at radius 1 is 1.12 bits per heavy atom. The highest BCUT2D eigenvalue weighted by Crippen LogP contribution is 2.30. The predicted molar refractivity (Wildman–Crippen MR) is 97.6 cm³/mol. The average molecular weight is 358 g/mol. The SMILES string of the molecule is COc1ccc(OC)c2c(=O)cc(/C=C/c3ccc([N+](=O)[O-])s3)[nH]c12. The van der Waals surface area contributed by atoms with Crippen LogP contribution in [-0.2, 0) is 0 Å². The number of ether oxygens (including phenoxy) is 2. The molecule has 0 spiro atoms. The Kier molecular flexibility index (Phi) is 4.53. The lowest BCUT2D eigenvalue weighted by molar-refractivity contribution is -0.380. The van der Waals surface area contributed by atoms with Gasteiger partial charge in [0.15, 0.2) is 5.43 Å². The van der Waals surface area contributed by atoms with Crippen molar-refractivity contribution in [1.29, 1.82) is 0 Å². The number of aromatic nitrogens is 1. The first-order valence-corrected chi connectivity index (χ1v) is 8.05. The number of nitrogens with zero attached hydrogens (tertiary/aromatic N) is 1. The molecule has 0 atom stereocenters. The zero-order chi connectivity index (χ0) is 18.0. The van der Waals surface area contributed by atoms with Gasteiger partial charge in [-0.3, -0.25) is 14.9 Å². The quantitative estimate of drug-likeness (QED) is 0.554. The summed E-state index contributed by atoms with van der Waals surface area (Å²) in [5, 5.41) is 11.2. The van der Waals surface area contributed by atoms with Crippen molar-refractivity contribution >= 4 is 39.4 Å². The molecule has 0 saturated carbocycles. The first kappa shape index (κ1) is 16.7. The summed E-state index contributed by atoms with van der Waals surface area (Å²) in [6.45, 7) is 0. The van der Waals surface area contributed by atoms with E-state index in [0.29, 0.717) is 33.0 Å². The molecule has 0 bridgehead atoms. The fourth-order valence-electron chi connectivity index (χ4n) is 2.46. The smallest absolute Gasteiger partial charge is 0.324 e. The van der Waals surface area contributed by atoms with Crippen LogP contribution >= 0.6 is 11.3 Å². The van der Waals surface area contributed by atoms with Crippen LogP contribution in [0.4, 0.5) is 5.00 Å². The molecule has 1 N–H and O–H groups in total. The Balaban J connectivity index is 2.06. The van der Waals surface area contributed by atoms with Crippen molar-refractivity contribution in [1.82, 2.24) is 4.98 Å². The minimum absolute atomic E-state index is 0.0676. The number of benzene rings is 1. The molecule has 2 heterocycles. The number of methoxy groups -OCH3 is 2. The number of pyridine rings is 1. The first-order chi connectivity index (χ1) is 12.0. The summed E-state index contributed by atoms with van der Waals surface area (Å²) >= 11 is 1.06. The summed E-state index contributed by atoms with van der Waals surface area (Å²) in [5.74, 6) is 0.983. The predicted octanol–water partition coefficient (Wildman–Crippen LogP) is 3.69. The standard InChI is InChI=1S/C17H14N2O5S/c1-23-13-6-7-14(24-2)17-16(13)12(20)9-10(18-17)3-4-11-5-8-15(25-11)19(21)22/h3-9H,1-2H3,(H,18,20)/b4-3+. The number of nitro groups is 1. The normalized spacial score (nSPS) is 11.1. The summed E-state index contributed by atoms with van der Waals surface area (Å²) in [6.07, 6.45) is 3.40. The third-order valence-corrected chi connectivity index (χ3v) is 4.59. The van der Waals surface area contributed by atoms with E-state index in [1.807, 2.05) is 0 Å². The van der Waals surface area contributed by atoms with Crippen LogP contribution in [0.2, 0.25) is 0 Å². The van der Waals surface area contributed by atoms with E-state index < -0.39 is 4.92 Å². The van der Waals surface area contributed by atoms with Crippen molar-refractivity contribution in [3.63, 3.8) is 0 Å². The van der Waals surface area contributed by atoms with E-state index in [0.717, 1.165) is 11.3 Å². The molecule has 3 aromatic rings. The number of aromatic amines is 1. The molecule has 8 heteroatoms. The Bertz CT molecular complexity index is 1040. The summed E-state index contributed by atoms with van der Waals surface area (Å²) in [4.78, 5) is 26.6. The fourth-order valence-corrected chi connectivity index (χ4v) is 3.18. The van der Waals surface area contributed by atoms with E-state index in [9.17, 15) is 14.9 Å². The molecule has 1 aromatic carbocycles. The van der Waals surface area contributed by atoms with Crippen molar-refractivity contribution in [2.24, 2.45) is 0 Å². The minimum atomic E-state index is -0.433. The Morgan fingerprint density at radius 3 is 2.48 bits per heavy atom. The largest absolute Gasteiger partial charge is 0.496 e. The van der Waals surface area contributed by atoms with Gasteiger partial charge in [0.1, 0.15) is 11.5 Å². The summed E-state index contributed by atoms with van der Waals surface area (Å²) < 4.78 is 10.6. The molecule has 0 radical (unpaired) electrons. The Morgan fingerprint density at radius 2 is 1.84 bits per heavy atom. The number of nitrogens with one attached hydrogen (secondary N) is 1. The van der Waals surface area contributed by atoms with Gasteiger partial charge in [0.2, 0.25) is 0 Å². The van der Waals surface area contributed by atoms with E-state index in [2.05, 4.69) is 4.98 Å². The molecule has 0 amide bonds. The van der Waals surface area contributed by atoms with Crippen molar-refractivity contribution in [2.75, 3.05) is 14.2 Å². The van der Waals surface area contributed by atoms with E-state index in [1.165, 1.54) is 26.4 Å². The van der Waals surface area contributed by atoms with Crippen molar-refractivity contribution in [2.45, 2.75) is 0 Å². The number of hydrogen-bond acceptors (Lipinski definition) is 6. The van der Waals surface area contributed by atoms with Crippen molar-refractivity contribution < 1.29 is 14.4 Å². The van der Waals surface area contributed by atoms with Gasteiger partial charge < -0.3 is 14.5 Å². The maximum atomic E-state index is 12.5. The van der Waals surface area contributed by atoms with Gasteiger partial charge in [-0.1, -0.05) is 11.3 Å². The van der Waals surface area contributed by atoms with Gasteiger partial charge in [0.05, 0.1) is 30.0 Å². The Labute approximate surface area is 146 Å². The molecule has 7 nitrogen and oxygen atoms in total. The molecule has 0 aliphatic carbocycles. The van der Waals surface area contributed by atoms with Crippen LogP contribution in [0.3, 0.4) is 0 Å². The monoisotopic (exact) mass is 358 g/mol. The summed E-state index contributed by atoms with van der Waals surface area (Å²) in [5.41, 5.74) is 0.882. The zero-order valence-corrected chi connectivity index (χ0v) is 14.3. The number of fused-ring (bicyclic) bond motifs is 1. The van der Waals surface area contributed by atoms with Crippen molar-refractivity contribution in [3.05, 3.63) is 61.2 Å². The highest BCUT2D eigenvalue weighted by atomic mass is 32.1. The van der Waals surface area contributed by atoms with Gasteiger partial charge in [-0.2, -0.15) is 0 Å². The molecule has 2 aromatic heterocycles. The second-order valence-corrected chi connectivity index (χ2v) is 6.17. The molecular formula is C17H14N2O5S. The number of thiophene rings is 1. The van der Waals surface area contributed by atoms with Gasteiger partial charge in [-0.25, -0.2) is 0 Å². The van der Waals surface area contributed by atoms with Crippen LogP contribution < -0.4 is 14.9 Å². The zero-order valence-electron chi connectivity index (χ0n) is 13.4. The van der Waals surface area contributed by atoms with E-state index >= 15 is 0 Å². The fraction of sp³-hybridized carbons (Fsp3) is 0.118. The van der Waals surface area contributed by atoms with Gasteiger partial charge in [0, 0.05) is 22.7 Å². The van der Waals surface area contributed by atoms with E-state index in [4.69, 9.17) is 9.47 Å². The number of hydrogen-bond donors (Lipinski definition) is 1. The third kappa shape index (κ3) is 3.24. The molecule has 0 saturated heterocycles. The maximum absolute atomic E-state index is 12.5. The van der Waals surface area contributed by atoms with Crippen LogP contribution in [0.1, 0.15) is 10.6 Å². The van der Waals surface area contributed by atoms with Crippen molar-refractivity contribution in [3.8, 4) is 11.5 Å². The highest BCUT2D eigenvalue weighted by molar-refractivity contribution is 7.16. The van der Waals surface area contributed by atoms with Crippen LogP contribution in [0.25, 0.3) is 23.1 Å². The van der Waals surface area contributed by atoms with Crippen LogP contribution in [0, 0.1) is 10.1 Å². The molecule has 0 aliphatic heterocycles. The lowest BCUT2D eigenvalue weighted by atomic mass is 10.1. The number of rotatable bonds is 5. The van der Waals surface area contributed by atoms with Gasteiger partial charge in [-0.15, -0.1) is 0 Å². The van der Waals surface area contributed by atoms with Crippen LogP contribution in [-0.4, -0.2) is 24.1 Å². The summed E-state index contributed by atoms with van der Waals surface area (Å²) in [6, 6.07) is 7.94. The average Bonchev–Trinajstić information content (AvgIpc) is 3.08. The third-order valence-electron chi connectivity index (χ3n) is 3.59. The molecule has 128 valence electrons. The van der Waals surface area contributed by atoms with Gasteiger partial charge >= 0.3 is 5.00 Å². The molecule has 25 heavy (non-hydrogen) atoms. The second-order valence-electron chi connectivity index (χ2n) is 5.08. The first-order valence-electron chi connectivity index (χ1n) is 7.24. The number of H-pyrrole nitrogens is 1. The summed E-state index contributed by atoms with van der Waals surface area (Å²) in [7, 11) is 3.02. The van der Waals surface area contributed by atoms with E-state index in [-0.39, 0.29) is 10.4 Å². The molecule has 0 unspecified atom stereocenters. The van der Waals surface area contributed by atoms with Gasteiger partial charge in [0.25, 0.3) is 0 Å². The molecule has 0 fully saturated rings. The lowest BCUT2D eigenvalue weighted by Crippen LogP contribution is -2.06.